The summed E-state index contributed by atoms with van der Waals surface area (Å²) >= 11 is 1.53. The van der Waals surface area contributed by atoms with E-state index in [0.29, 0.717) is 22.9 Å². The van der Waals surface area contributed by atoms with Gasteiger partial charge in [-0.2, -0.15) is 16.6 Å². The lowest BCUT2D eigenvalue weighted by molar-refractivity contribution is 0.114. The van der Waals surface area contributed by atoms with E-state index in [9.17, 15) is 13.7 Å². The van der Waals surface area contributed by atoms with Gasteiger partial charge >= 0.3 is 0 Å². The van der Waals surface area contributed by atoms with Gasteiger partial charge < -0.3 is 9.64 Å². The normalized spacial score (nSPS) is 17.0. The lowest BCUT2D eigenvalue weighted by Crippen LogP contribution is -2.47. The molecule has 0 amide bonds. The van der Waals surface area contributed by atoms with E-state index in [1.54, 1.807) is 24.3 Å². The highest BCUT2D eigenvalue weighted by Crippen LogP contribution is 2.41. The molecule has 0 spiro atoms. The number of ether oxygens (including phenoxy) is 1. The minimum atomic E-state index is -3.19. The third kappa shape index (κ3) is 7.05. The zero-order chi connectivity index (χ0) is 25.5. The summed E-state index contributed by atoms with van der Waals surface area (Å²) in [4.78, 5) is 9.67. The van der Waals surface area contributed by atoms with Crippen LogP contribution in [0.2, 0.25) is 0 Å². The third-order valence-corrected chi connectivity index (χ3v) is 9.00. The molecule has 1 aromatic heterocycles. The minimum absolute atomic E-state index is 0.184. The van der Waals surface area contributed by atoms with Crippen LogP contribution >= 0.6 is 11.3 Å². The number of benzene rings is 1. The van der Waals surface area contributed by atoms with Gasteiger partial charge in [0, 0.05) is 43.9 Å². The van der Waals surface area contributed by atoms with Crippen LogP contribution in [0.25, 0.3) is 4.85 Å². The van der Waals surface area contributed by atoms with Crippen LogP contribution < -0.4 is 4.74 Å². The molecule has 1 aromatic carbocycles. The van der Waals surface area contributed by atoms with E-state index in [-0.39, 0.29) is 5.92 Å². The Balaban J connectivity index is 1.40. The van der Waals surface area contributed by atoms with E-state index in [1.807, 2.05) is 11.4 Å². The Bertz CT molecular complexity index is 1150. The average Bonchev–Trinajstić information content (AvgIpc) is 3.32. The molecule has 0 saturated carbocycles. The Kier molecular flexibility index (Phi) is 9.32. The molecule has 7 nitrogen and oxygen atoms in total. The first kappa shape index (κ1) is 27.2. The van der Waals surface area contributed by atoms with Gasteiger partial charge in [-0.1, -0.05) is 13.8 Å². The van der Waals surface area contributed by atoms with Gasteiger partial charge in [-0.3, -0.25) is 4.90 Å². The molecule has 35 heavy (non-hydrogen) atoms. The lowest BCUT2D eigenvalue weighted by Gasteiger charge is -2.36. The monoisotopic (exact) mass is 514 g/mol. The Morgan fingerprint density at radius 2 is 1.80 bits per heavy atom. The average molecular weight is 515 g/mol. The highest BCUT2D eigenvalue weighted by atomic mass is 32.2. The molecule has 2 heterocycles. The van der Waals surface area contributed by atoms with Crippen molar-refractivity contribution in [1.29, 1.82) is 5.26 Å². The molecule has 1 atom stereocenters. The number of thiophene rings is 1. The number of hydrogen-bond donors (Lipinski definition) is 0. The molecule has 1 aliphatic heterocycles. The molecule has 2 aromatic rings. The fourth-order valence-corrected chi connectivity index (χ4v) is 6.23. The van der Waals surface area contributed by atoms with Crippen molar-refractivity contribution < 1.29 is 13.2 Å². The first-order valence-electron chi connectivity index (χ1n) is 11.9. The predicted octanol–water partition coefficient (Wildman–Crippen LogP) is 4.60. The van der Waals surface area contributed by atoms with Crippen LogP contribution in [0.3, 0.4) is 0 Å². The quantitative estimate of drug-likeness (QED) is 0.408. The fourth-order valence-electron chi connectivity index (χ4n) is 4.45. The molecule has 188 valence electrons. The van der Waals surface area contributed by atoms with Gasteiger partial charge in [0.15, 0.2) is 15.5 Å². The molecule has 1 aliphatic rings. The van der Waals surface area contributed by atoms with Crippen LogP contribution in [0.5, 0.6) is 5.75 Å². The van der Waals surface area contributed by atoms with Gasteiger partial charge in [-0.25, -0.2) is 13.3 Å². The molecule has 0 N–H and O–H groups in total. The molecular formula is C26H34N4O3S2. The highest BCUT2D eigenvalue weighted by molar-refractivity contribution is 7.90. The van der Waals surface area contributed by atoms with Crippen molar-refractivity contribution in [2.24, 2.45) is 5.92 Å². The fraction of sp³-hybridized carbons (Fsp3) is 0.538. The van der Waals surface area contributed by atoms with Gasteiger partial charge in [-0.15, -0.1) is 0 Å². The second-order valence-electron chi connectivity index (χ2n) is 9.40. The maximum Gasteiger partial charge on any atom is 0.198 e. The molecule has 0 aliphatic carbocycles. The molecular weight excluding hydrogens is 480 g/mol. The summed E-state index contributed by atoms with van der Waals surface area (Å²) < 4.78 is 28.9. The second kappa shape index (κ2) is 12.0. The van der Waals surface area contributed by atoms with Crippen LogP contribution in [0.1, 0.15) is 31.6 Å². The lowest BCUT2D eigenvalue weighted by atomic mass is 9.73. The summed E-state index contributed by atoms with van der Waals surface area (Å²) in [7, 11) is -3.19. The van der Waals surface area contributed by atoms with Gasteiger partial charge in [0.2, 0.25) is 0 Å². The van der Waals surface area contributed by atoms with Gasteiger partial charge in [-0.05, 0) is 61.0 Å². The smallest absolute Gasteiger partial charge is 0.198 e. The van der Waals surface area contributed by atoms with E-state index in [0.717, 1.165) is 57.0 Å². The largest absolute Gasteiger partial charge is 0.492 e. The minimum Gasteiger partial charge on any atom is -0.492 e. The summed E-state index contributed by atoms with van der Waals surface area (Å²) in [5.41, 5.74) is 0.0861. The topological polar surface area (TPSA) is 78.0 Å². The predicted molar refractivity (Wildman–Crippen MR) is 140 cm³/mol. The van der Waals surface area contributed by atoms with Crippen molar-refractivity contribution in [1.82, 2.24) is 9.80 Å². The summed E-state index contributed by atoms with van der Waals surface area (Å²) in [6.07, 6.45) is 2.94. The molecule has 1 saturated heterocycles. The summed E-state index contributed by atoms with van der Waals surface area (Å²) in [5.74, 6) is 0.862. The number of rotatable bonds is 11. The van der Waals surface area contributed by atoms with E-state index in [1.165, 1.54) is 17.6 Å². The number of nitrogens with zero attached hydrogens (tertiary/aromatic N) is 4. The molecule has 0 radical (unpaired) electrons. The summed E-state index contributed by atoms with van der Waals surface area (Å²) in [6.45, 7) is 17.7. The number of sulfone groups is 1. The van der Waals surface area contributed by atoms with Crippen LogP contribution in [-0.2, 0) is 15.3 Å². The zero-order valence-corrected chi connectivity index (χ0v) is 22.4. The first-order valence-corrected chi connectivity index (χ1v) is 14.7. The first-order chi connectivity index (χ1) is 16.7. The van der Waals surface area contributed by atoms with Crippen molar-refractivity contribution in [3.05, 3.63) is 52.0 Å². The van der Waals surface area contributed by atoms with E-state index in [2.05, 4.69) is 34.6 Å². The molecule has 1 unspecified atom stereocenters. The maximum atomic E-state index is 11.6. The standard InChI is InChI=1S/C26H34N4O3S2/c1-21(2)26(20-27,25-18-22(28-3)19-34-25)10-5-11-29-12-14-30(15-13-29)16-17-33-23-6-8-24(9-7-23)35(4,31)32/h6-9,18-19,21H,5,10-17H2,1-2,4H3. The van der Waals surface area contributed by atoms with E-state index < -0.39 is 15.3 Å². The van der Waals surface area contributed by atoms with Crippen molar-refractivity contribution in [2.75, 3.05) is 52.1 Å². The summed E-state index contributed by atoms with van der Waals surface area (Å²) in [5, 5.41) is 11.9. The van der Waals surface area contributed by atoms with Crippen LogP contribution in [-0.4, -0.2) is 70.3 Å². The third-order valence-electron chi connectivity index (χ3n) is 6.78. The Hall–Kier alpha value is -2.43. The molecule has 0 bridgehead atoms. The Morgan fingerprint density at radius 3 is 2.31 bits per heavy atom. The highest BCUT2D eigenvalue weighted by Gasteiger charge is 2.37. The molecule has 3 rings (SSSR count). The second-order valence-corrected chi connectivity index (χ2v) is 12.3. The van der Waals surface area contributed by atoms with Crippen LogP contribution in [0.4, 0.5) is 5.69 Å². The van der Waals surface area contributed by atoms with Crippen molar-refractivity contribution in [2.45, 2.75) is 37.0 Å². The van der Waals surface area contributed by atoms with Crippen molar-refractivity contribution >= 4 is 26.9 Å². The van der Waals surface area contributed by atoms with Gasteiger partial charge in [0.05, 0.1) is 23.0 Å². The Labute approximate surface area is 213 Å². The zero-order valence-electron chi connectivity index (χ0n) is 20.7. The number of nitriles is 1. The summed E-state index contributed by atoms with van der Waals surface area (Å²) in [6, 6.07) is 11.0. The Morgan fingerprint density at radius 1 is 1.17 bits per heavy atom. The van der Waals surface area contributed by atoms with Crippen LogP contribution in [0, 0.1) is 23.8 Å². The van der Waals surface area contributed by atoms with E-state index in [4.69, 9.17) is 11.3 Å². The molecule has 9 heteroatoms. The van der Waals surface area contributed by atoms with Crippen molar-refractivity contribution in [3.8, 4) is 11.8 Å². The van der Waals surface area contributed by atoms with Crippen molar-refractivity contribution in [3.63, 3.8) is 0 Å². The van der Waals surface area contributed by atoms with Crippen LogP contribution in [0.15, 0.2) is 40.6 Å². The molecule has 1 fully saturated rings. The van der Waals surface area contributed by atoms with E-state index >= 15 is 0 Å². The van der Waals surface area contributed by atoms with Gasteiger partial charge in [0.25, 0.3) is 0 Å². The SMILES string of the molecule is [C-]#[N+]c1csc(C(C#N)(CCCN2CCN(CCOc3ccc(S(C)(=O)=O)cc3)CC2)C(C)C)c1. The number of piperazine rings is 1. The maximum absolute atomic E-state index is 11.6. The van der Waals surface area contributed by atoms with Gasteiger partial charge in [0.1, 0.15) is 12.4 Å². The number of hydrogen-bond acceptors (Lipinski definition) is 7.